The summed E-state index contributed by atoms with van der Waals surface area (Å²) in [6.45, 7) is 7.69. The van der Waals surface area contributed by atoms with Crippen molar-refractivity contribution in [2.75, 3.05) is 12.4 Å². The molecular formula is C23H26ClFN4O3S. The molecule has 3 rings (SSSR count). The SMILES string of the molecule is COc1cccc(OC(C)c2nnc(SC(C)C(=O)Nc3ccc(F)c(Cl)c3)n2C(C)C)c1. The Bertz CT molecular complexity index is 1120. The molecular weight excluding hydrogens is 467 g/mol. The van der Waals surface area contributed by atoms with Gasteiger partial charge in [0.1, 0.15) is 17.3 Å². The maximum absolute atomic E-state index is 13.4. The molecule has 3 aromatic rings. The van der Waals surface area contributed by atoms with Crippen LogP contribution in [0.3, 0.4) is 0 Å². The number of hydrogen-bond donors (Lipinski definition) is 1. The van der Waals surface area contributed by atoms with Gasteiger partial charge in [0.25, 0.3) is 0 Å². The molecule has 7 nitrogen and oxygen atoms in total. The minimum atomic E-state index is -0.542. The molecule has 0 aliphatic heterocycles. The third kappa shape index (κ3) is 6.17. The van der Waals surface area contributed by atoms with Gasteiger partial charge in [0.15, 0.2) is 17.1 Å². The van der Waals surface area contributed by atoms with E-state index in [1.807, 2.05) is 43.5 Å². The molecule has 1 heterocycles. The Labute approximate surface area is 201 Å². The second kappa shape index (κ2) is 10.9. The molecule has 0 fully saturated rings. The fraction of sp³-hybridized carbons (Fsp3) is 0.348. The first-order chi connectivity index (χ1) is 15.7. The second-order valence-electron chi connectivity index (χ2n) is 7.62. The second-order valence-corrected chi connectivity index (χ2v) is 9.34. The van der Waals surface area contributed by atoms with Gasteiger partial charge in [0.2, 0.25) is 5.91 Å². The molecule has 2 unspecified atom stereocenters. The number of anilines is 1. The number of hydrogen-bond acceptors (Lipinski definition) is 6. The van der Waals surface area contributed by atoms with Gasteiger partial charge in [-0.05, 0) is 58.0 Å². The van der Waals surface area contributed by atoms with Gasteiger partial charge in [0, 0.05) is 17.8 Å². The molecule has 2 atom stereocenters. The fourth-order valence-corrected chi connectivity index (χ4v) is 4.26. The Hall–Kier alpha value is -2.78. The summed E-state index contributed by atoms with van der Waals surface area (Å²) in [7, 11) is 1.60. The average Bonchev–Trinajstić information content (AvgIpc) is 3.20. The number of halogens is 2. The smallest absolute Gasteiger partial charge is 0.237 e. The van der Waals surface area contributed by atoms with Crippen LogP contribution in [-0.4, -0.2) is 33.0 Å². The van der Waals surface area contributed by atoms with E-state index >= 15 is 0 Å². The number of methoxy groups -OCH3 is 1. The van der Waals surface area contributed by atoms with E-state index in [1.54, 1.807) is 20.1 Å². The number of carbonyl (C=O) groups excluding carboxylic acids is 1. The Balaban J connectivity index is 1.73. The molecule has 0 aliphatic rings. The molecule has 2 aromatic carbocycles. The highest BCUT2D eigenvalue weighted by Crippen LogP contribution is 2.31. The van der Waals surface area contributed by atoms with Gasteiger partial charge in [-0.25, -0.2) is 4.39 Å². The van der Waals surface area contributed by atoms with Gasteiger partial charge in [-0.3, -0.25) is 4.79 Å². The molecule has 0 aliphatic carbocycles. The Morgan fingerprint density at radius 1 is 1.12 bits per heavy atom. The van der Waals surface area contributed by atoms with Crippen molar-refractivity contribution in [2.45, 2.75) is 50.2 Å². The highest BCUT2D eigenvalue weighted by atomic mass is 35.5. The Kier molecular flexibility index (Phi) is 8.20. The molecule has 0 spiro atoms. The van der Waals surface area contributed by atoms with Crippen molar-refractivity contribution >= 4 is 35.0 Å². The normalized spacial score (nSPS) is 13.0. The van der Waals surface area contributed by atoms with E-state index in [9.17, 15) is 9.18 Å². The molecule has 33 heavy (non-hydrogen) atoms. The lowest BCUT2D eigenvalue weighted by Gasteiger charge is -2.20. The molecule has 0 radical (unpaired) electrons. The van der Waals surface area contributed by atoms with E-state index in [0.717, 1.165) is 0 Å². The fourth-order valence-electron chi connectivity index (χ4n) is 3.09. The summed E-state index contributed by atoms with van der Waals surface area (Å²) in [6, 6.07) is 11.4. The van der Waals surface area contributed by atoms with Crippen molar-refractivity contribution in [2.24, 2.45) is 0 Å². The van der Waals surface area contributed by atoms with Crippen LogP contribution in [0.4, 0.5) is 10.1 Å². The molecule has 1 aromatic heterocycles. The average molecular weight is 493 g/mol. The van der Waals surface area contributed by atoms with E-state index in [2.05, 4.69) is 15.5 Å². The van der Waals surface area contributed by atoms with Gasteiger partial charge >= 0.3 is 0 Å². The quantitative estimate of drug-likeness (QED) is 0.373. The third-order valence-electron chi connectivity index (χ3n) is 4.76. The molecule has 10 heteroatoms. The van der Waals surface area contributed by atoms with Crippen molar-refractivity contribution in [3.63, 3.8) is 0 Å². The van der Waals surface area contributed by atoms with E-state index in [-0.39, 0.29) is 23.1 Å². The lowest BCUT2D eigenvalue weighted by atomic mass is 10.3. The first-order valence-electron chi connectivity index (χ1n) is 10.4. The largest absolute Gasteiger partial charge is 0.497 e. The zero-order chi connectivity index (χ0) is 24.1. The van der Waals surface area contributed by atoms with E-state index in [1.165, 1.54) is 30.0 Å². The van der Waals surface area contributed by atoms with Gasteiger partial charge < -0.3 is 19.4 Å². The summed E-state index contributed by atoms with van der Waals surface area (Å²) in [5, 5.41) is 11.5. The molecule has 176 valence electrons. The lowest BCUT2D eigenvalue weighted by Crippen LogP contribution is -2.23. The van der Waals surface area contributed by atoms with Crippen LogP contribution in [-0.2, 0) is 4.79 Å². The van der Waals surface area contributed by atoms with Crippen LogP contribution in [0.5, 0.6) is 11.5 Å². The van der Waals surface area contributed by atoms with Gasteiger partial charge in [-0.2, -0.15) is 0 Å². The number of nitrogens with zero attached hydrogens (tertiary/aromatic N) is 3. The Morgan fingerprint density at radius 2 is 1.85 bits per heavy atom. The molecule has 0 saturated carbocycles. The molecule has 0 saturated heterocycles. The van der Waals surface area contributed by atoms with E-state index in [4.69, 9.17) is 21.1 Å². The van der Waals surface area contributed by atoms with Crippen LogP contribution in [0.15, 0.2) is 47.6 Å². The van der Waals surface area contributed by atoms with Crippen molar-refractivity contribution in [3.8, 4) is 11.5 Å². The summed E-state index contributed by atoms with van der Waals surface area (Å²) >= 11 is 7.08. The number of thioether (sulfide) groups is 1. The Morgan fingerprint density at radius 3 is 2.52 bits per heavy atom. The molecule has 1 N–H and O–H groups in total. The highest BCUT2D eigenvalue weighted by molar-refractivity contribution is 8.00. The summed E-state index contributed by atoms with van der Waals surface area (Å²) < 4.78 is 26.6. The van der Waals surface area contributed by atoms with Crippen LogP contribution in [0.25, 0.3) is 0 Å². The van der Waals surface area contributed by atoms with Gasteiger partial charge in [-0.15, -0.1) is 10.2 Å². The maximum atomic E-state index is 13.4. The zero-order valence-corrected chi connectivity index (χ0v) is 20.6. The topological polar surface area (TPSA) is 78.3 Å². The van der Waals surface area contributed by atoms with Crippen LogP contribution in [0.2, 0.25) is 5.02 Å². The minimum absolute atomic E-state index is 0.0417. The summed E-state index contributed by atoms with van der Waals surface area (Å²) in [6.07, 6.45) is -0.383. The minimum Gasteiger partial charge on any atom is -0.497 e. The number of nitrogens with one attached hydrogen (secondary N) is 1. The monoisotopic (exact) mass is 492 g/mol. The predicted octanol–water partition coefficient (Wildman–Crippen LogP) is 5.92. The van der Waals surface area contributed by atoms with E-state index in [0.29, 0.717) is 28.2 Å². The molecule has 0 bridgehead atoms. The van der Waals surface area contributed by atoms with Crippen LogP contribution >= 0.6 is 23.4 Å². The summed E-state index contributed by atoms with van der Waals surface area (Å²) in [5.41, 5.74) is 0.421. The lowest BCUT2D eigenvalue weighted by molar-refractivity contribution is -0.115. The predicted molar refractivity (Wildman–Crippen MR) is 128 cm³/mol. The number of amides is 1. The summed E-state index contributed by atoms with van der Waals surface area (Å²) in [4.78, 5) is 12.7. The maximum Gasteiger partial charge on any atom is 0.237 e. The number of carbonyl (C=O) groups is 1. The van der Waals surface area contributed by atoms with Crippen molar-refractivity contribution in [1.82, 2.24) is 14.8 Å². The standard InChI is InChI=1S/C23H26ClFN4O3S/c1-13(2)29-21(14(3)32-18-8-6-7-17(12-18)31-5)27-28-23(29)33-15(4)22(30)26-16-9-10-20(25)19(24)11-16/h6-15H,1-5H3,(H,26,30). The van der Waals surface area contributed by atoms with E-state index < -0.39 is 11.1 Å². The van der Waals surface area contributed by atoms with Gasteiger partial charge in [-0.1, -0.05) is 29.4 Å². The van der Waals surface area contributed by atoms with Crippen LogP contribution < -0.4 is 14.8 Å². The molecule has 1 amide bonds. The highest BCUT2D eigenvalue weighted by Gasteiger charge is 2.25. The van der Waals surface area contributed by atoms with Gasteiger partial charge in [0.05, 0.1) is 17.4 Å². The first kappa shape index (κ1) is 24.9. The summed E-state index contributed by atoms with van der Waals surface area (Å²) in [5.74, 6) is 1.19. The van der Waals surface area contributed by atoms with Crippen LogP contribution in [0, 0.1) is 5.82 Å². The van der Waals surface area contributed by atoms with Crippen LogP contribution in [0.1, 0.15) is 45.7 Å². The van der Waals surface area contributed by atoms with Crippen molar-refractivity contribution < 1.29 is 18.7 Å². The van der Waals surface area contributed by atoms with Crippen molar-refractivity contribution in [3.05, 3.63) is 59.1 Å². The number of ether oxygens (including phenoxy) is 2. The third-order valence-corrected chi connectivity index (χ3v) is 6.11. The number of aromatic nitrogens is 3. The zero-order valence-electron chi connectivity index (χ0n) is 19.0. The first-order valence-corrected chi connectivity index (χ1v) is 11.6. The number of benzene rings is 2. The number of rotatable bonds is 9. The van der Waals surface area contributed by atoms with Crippen molar-refractivity contribution in [1.29, 1.82) is 0 Å².